The monoisotopic (exact) mass is 252 g/mol. The SMILES string of the molecule is CC1CNC(C)C(=O)N(c2cccc(Cl)c2)C1. The first-order chi connectivity index (χ1) is 8.08. The molecule has 2 atom stereocenters. The molecule has 1 aliphatic rings. The van der Waals surface area contributed by atoms with Crippen LogP contribution >= 0.6 is 11.6 Å². The van der Waals surface area contributed by atoms with Crippen molar-refractivity contribution in [3.63, 3.8) is 0 Å². The maximum Gasteiger partial charge on any atom is 0.243 e. The number of hydrogen-bond acceptors (Lipinski definition) is 2. The molecule has 4 heteroatoms. The van der Waals surface area contributed by atoms with Crippen LogP contribution in [0.3, 0.4) is 0 Å². The molecule has 1 aromatic rings. The topological polar surface area (TPSA) is 32.3 Å². The molecule has 0 aliphatic carbocycles. The average molecular weight is 253 g/mol. The van der Waals surface area contributed by atoms with E-state index in [1.165, 1.54) is 0 Å². The fraction of sp³-hybridized carbons (Fsp3) is 0.462. The molecule has 1 fully saturated rings. The smallest absolute Gasteiger partial charge is 0.243 e. The van der Waals surface area contributed by atoms with E-state index in [4.69, 9.17) is 11.6 Å². The van der Waals surface area contributed by atoms with E-state index in [-0.39, 0.29) is 11.9 Å². The molecule has 17 heavy (non-hydrogen) atoms. The molecule has 92 valence electrons. The second kappa shape index (κ2) is 5.07. The third kappa shape index (κ3) is 2.79. The number of rotatable bonds is 1. The lowest BCUT2D eigenvalue weighted by Gasteiger charge is -2.24. The molecule has 0 radical (unpaired) electrons. The summed E-state index contributed by atoms with van der Waals surface area (Å²) in [4.78, 5) is 14.0. The van der Waals surface area contributed by atoms with Gasteiger partial charge in [0, 0.05) is 23.8 Å². The van der Waals surface area contributed by atoms with Crippen LogP contribution in [0.2, 0.25) is 5.02 Å². The molecule has 1 saturated heterocycles. The van der Waals surface area contributed by atoms with E-state index in [1.54, 1.807) is 0 Å². The van der Waals surface area contributed by atoms with E-state index in [2.05, 4.69) is 12.2 Å². The van der Waals surface area contributed by atoms with Gasteiger partial charge in [0.15, 0.2) is 0 Å². The maximum absolute atomic E-state index is 12.2. The van der Waals surface area contributed by atoms with Crippen LogP contribution in [0.4, 0.5) is 5.69 Å². The van der Waals surface area contributed by atoms with Crippen molar-refractivity contribution >= 4 is 23.2 Å². The van der Waals surface area contributed by atoms with Gasteiger partial charge in [0.25, 0.3) is 0 Å². The molecule has 2 unspecified atom stereocenters. The minimum Gasteiger partial charge on any atom is -0.311 e. The third-order valence-electron chi connectivity index (χ3n) is 3.02. The summed E-state index contributed by atoms with van der Waals surface area (Å²) < 4.78 is 0. The van der Waals surface area contributed by atoms with Crippen molar-refractivity contribution in [2.45, 2.75) is 19.9 Å². The van der Waals surface area contributed by atoms with Crippen LogP contribution in [0.5, 0.6) is 0 Å². The number of anilines is 1. The first-order valence-electron chi connectivity index (χ1n) is 5.88. The average Bonchev–Trinajstić information content (AvgIpc) is 2.43. The summed E-state index contributed by atoms with van der Waals surface area (Å²) in [5.41, 5.74) is 0.880. The molecule has 0 spiro atoms. The highest BCUT2D eigenvalue weighted by atomic mass is 35.5. The van der Waals surface area contributed by atoms with Gasteiger partial charge >= 0.3 is 0 Å². The highest BCUT2D eigenvalue weighted by Crippen LogP contribution is 2.22. The Morgan fingerprint density at radius 2 is 2.18 bits per heavy atom. The van der Waals surface area contributed by atoms with Crippen molar-refractivity contribution in [1.82, 2.24) is 5.32 Å². The van der Waals surface area contributed by atoms with Crippen molar-refractivity contribution in [2.75, 3.05) is 18.0 Å². The predicted molar refractivity (Wildman–Crippen MR) is 70.4 cm³/mol. The molecular weight excluding hydrogens is 236 g/mol. The quantitative estimate of drug-likeness (QED) is 0.832. The van der Waals surface area contributed by atoms with Gasteiger partial charge in [-0.2, -0.15) is 0 Å². The summed E-state index contributed by atoms with van der Waals surface area (Å²) in [5, 5.41) is 3.89. The third-order valence-corrected chi connectivity index (χ3v) is 3.26. The van der Waals surface area contributed by atoms with E-state index in [9.17, 15) is 4.79 Å². The van der Waals surface area contributed by atoms with Crippen LogP contribution in [0.15, 0.2) is 24.3 Å². The van der Waals surface area contributed by atoms with Crippen LogP contribution in [0.25, 0.3) is 0 Å². The molecule has 1 heterocycles. The Bertz CT molecular complexity index is 422. The minimum absolute atomic E-state index is 0.108. The summed E-state index contributed by atoms with van der Waals surface area (Å²) in [7, 11) is 0. The second-order valence-corrected chi connectivity index (χ2v) is 5.10. The van der Waals surface area contributed by atoms with Crippen molar-refractivity contribution in [1.29, 1.82) is 0 Å². The van der Waals surface area contributed by atoms with Gasteiger partial charge in [-0.15, -0.1) is 0 Å². The minimum atomic E-state index is -0.140. The van der Waals surface area contributed by atoms with Gasteiger partial charge in [0.1, 0.15) is 0 Å². The van der Waals surface area contributed by atoms with Crippen molar-refractivity contribution < 1.29 is 4.79 Å². The summed E-state index contributed by atoms with van der Waals surface area (Å²) in [6.07, 6.45) is 0. The Balaban J connectivity index is 2.31. The van der Waals surface area contributed by atoms with Crippen molar-refractivity contribution in [3.05, 3.63) is 29.3 Å². The highest BCUT2D eigenvalue weighted by Gasteiger charge is 2.27. The van der Waals surface area contributed by atoms with E-state index < -0.39 is 0 Å². The van der Waals surface area contributed by atoms with Gasteiger partial charge < -0.3 is 10.2 Å². The van der Waals surface area contributed by atoms with Crippen molar-refractivity contribution in [2.24, 2.45) is 5.92 Å². The molecule has 3 nitrogen and oxygen atoms in total. The molecule has 1 aromatic carbocycles. The van der Waals surface area contributed by atoms with E-state index >= 15 is 0 Å². The van der Waals surface area contributed by atoms with E-state index in [0.717, 1.165) is 18.8 Å². The summed E-state index contributed by atoms with van der Waals surface area (Å²) in [6, 6.07) is 7.31. The molecule has 0 bridgehead atoms. The first-order valence-corrected chi connectivity index (χ1v) is 6.26. The molecule has 0 aromatic heterocycles. The van der Waals surface area contributed by atoms with Crippen LogP contribution in [-0.2, 0) is 4.79 Å². The number of carbonyl (C=O) groups is 1. The number of benzene rings is 1. The Morgan fingerprint density at radius 1 is 1.41 bits per heavy atom. The fourth-order valence-electron chi connectivity index (χ4n) is 2.04. The lowest BCUT2D eigenvalue weighted by atomic mass is 10.1. The summed E-state index contributed by atoms with van der Waals surface area (Å²) in [6.45, 7) is 5.63. The van der Waals surface area contributed by atoms with Crippen LogP contribution in [0, 0.1) is 5.92 Å². The normalized spacial score (nSPS) is 25.8. The molecule has 1 aliphatic heterocycles. The number of halogens is 1. The van der Waals surface area contributed by atoms with Crippen molar-refractivity contribution in [3.8, 4) is 0 Å². The van der Waals surface area contributed by atoms with Gasteiger partial charge in [-0.05, 0) is 31.0 Å². The molecule has 1 amide bonds. The second-order valence-electron chi connectivity index (χ2n) is 4.66. The van der Waals surface area contributed by atoms with Gasteiger partial charge in [-0.25, -0.2) is 0 Å². The Hall–Kier alpha value is -1.06. The first kappa shape index (κ1) is 12.4. The predicted octanol–water partition coefficient (Wildman–Crippen LogP) is 2.30. The lowest BCUT2D eigenvalue weighted by molar-refractivity contribution is -0.119. The number of amides is 1. The fourth-order valence-corrected chi connectivity index (χ4v) is 2.23. The molecule has 0 saturated carbocycles. The van der Waals surface area contributed by atoms with Gasteiger partial charge in [-0.3, -0.25) is 4.79 Å². The zero-order chi connectivity index (χ0) is 12.4. The Morgan fingerprint density at radius 3 is 2.88 bits per heavy atom. The van der Waals surface area contributed by atoms with Gasteiger partial charge in [0.2, 0.25) is 5.91 Å². The molecule has 2 rings (SSSR count). The van der Waals surface area contributed by atoms with Gasteiger partial charge in [-0.1, -0.05) is 24.6 Å². The van der Waals surface area contributed by atoms with Crippen LogP contribution in [-0.4, -0.2) is 25.0 Å². The Labute approximate surface area is 107 Å². The molecule has 1 N–H and O–H groups in total. The number of carbonyl (C=O) groups excluding carboxylic acids is 1. The highest BCUT2D eigenvalue weighted by molar-refractivity contribution is 6.30. The summed E-state index contributed by atoms with van der Waals surface area (Å²) in [5.74, 6) is 0.541. The number of hydrogen-bond donors (Lipinski definition) is 1. The Kier molecular flexibility index (Phi) is 3.69. The van der Waals surface area contributed by atoms with E-state index in [1.807, 2.05) is 36.1 Å². The largest absolute Gasteiger partial charge is 0.311 e. The molecular formula is C13H17ClN2O. The number of nitrogens with zero attached hydrogens (tertiary/aromatic N) is 1. The zero-order valence-corrected chi connectivity index (χ0v) is 10.9. The van der Waals surface area contributed by atoms with E-state index in [0.29, 0.717) is 10.9 Å². The summed E-state index contributed by atoms with van der Waals surface area (Å²) >= 11 is 5.97. The maximum atomic E-state index is 12.2. The lowest BCUT2D eigenvalue weighted by Crippen LogP contribution is -2.41. The number of nitrogens with one attached hydrogen (secondary N) is 1. The van der Waals surface area contributed by atoms with Crippen LogP contribution in [0.1, 0.15) is 13.8 Å². The zero-order valence-electron chi connectivity index (χ0n) is 10.1. The van der Waals surface area contributed by atoms with Gasteiger partial charge in [0.05, 0.1) is 6.04 Å². The van der Waals surface area contributed by atoms with Crippen LogP contribution < -0.4 is 10.2 Å². The standard InChI is InChI=1S/C13H17ClN2O/c1-9-7-15-10(2)13(17)16(8-9)12-5-3-4-11(14)6-12/h3-6,9-10,15H,7-8H2,1-2H3.